The Bertz CT molecular complexity index is 2320. The topological polar surface area (TPSA) is 447 Å². The number of hydrogen-bond donors (Lipinski definition) is 11. The van der Waals surface area contributed by atoms with Gasteiger partial charge in [0, 0.05) is 19.0 Å². The fourth-order valence-electron chi connectivity index (χ4n) is 6.88. The molecule has 3 aliphatic rings. The molecule has 6 heterocycles. The molecule has 65 heavy (non-hydrogen) atoms. The first kappa shape index (κ1) is 50.0. The van der Waals surface area contributed by atoms with Crippen LogP contribution < -0.4 is 22.5 Å². The number of aliphatic hydroxyl groups is 5. The standard InChI is InChI=1S/C33H47N9O21P2/c1-2-3-4-20(44)39-14(9-56-32-25(47)24(46)23(45)16(8-43)61-32)31(49)62-27-18(60-30(26(27)48)42-13-38-22-28(35)36-12-37-29(22)42)11-58-65(54,55)63-15-7-21(41-6-5-19(34)40-33(41)50)59-17(15)10-57-64(51,52)53/h2,5-6,12-18,21,23-27,30,32,43,45-48H,1,3-4,7-11H2,(H,39,44)(H,54,55)(H2,34,40,50)(H2,35,36,37)(H2,51,52,53)/t14-,15-,16+,17+,18+,21+,23-,24-,25+,26+,27+,30+,32+/m0/s1. The molecule has 6 rings (SSSR count). The summed E-state index contributed by atoms with van der Waals surface area (Å²) >= 11 is 0. The summed E-state index contributed by atoms with van der Waals surface area (Å²) in [5.41, 5.74) is 10.7. The molecule has 0 aromatic carbocycles. The summed E-state index contributed by atoms with van der Waals surface area (Å²) in [4.78, 5) is 84.6. The summed E-state index contributed by atoms with van der Waals surface area (Å²) in [5.74, 6) is -2.25. The molecule has 360 valence electrons. The lowest BCUT2D eigenvalue weighted by atomic mass is 9.99. The number of nitrogens with one attached hydrogen (secondary N) is 1. The van der Waals surface area contributed by atoms with Gasteiger partial charge in [-0.2, -0.15) is 4.98 Å². The minimum absolute atomic E-state index is 0.0272. The second-order valence-corrected chi connectivity index (χ2v) is 17.3. The van der Waals surface area contributed by atoms with Gasteiger partial charge in [-0.1, -0.05) is 6.08 Å². The predicted octanol–water partition coefficient (Wildman–Crippen LogP) is -4.42. The Morgan fingerprint density at radius 2 is 1.71 bits per heavy atom. The van der Waals surface area contributed by atoms with Crippen LogP contribution in [0.1, 0.15) is 31.7 Å². The van der Waals surface area contributed by atoms with E-state index in [0.29, 0.717) is 0 Å². The normalized spacial score (nSPS) is 30.8. The quantitative estimate of drug-likeness (QED) is 0.0289. The Morgan fingerprint density at radius 3 is 2.40 bits per heavy atom. The zero-order chi connectivity index (χ0) is 47.4. The van der Waals surface area contributed by atoms with Gasteiger partial charge in [0.05, 0.1) is 32.8 Å². The fraction of sp³-hybridized carbons (Fsp3) is 0.606. The van der Waals surface area contributed by atoms with E-state index < -0.39 is 146 Å². The van der Waals surface area contributed by atoms with Gasteiger partial charge in [-0.3, -0.25) is 27.5 Å². The molecule has 1 amide bonds. The number of anilines is 2. The van der Waals surface area contributed by atoms with E-state index in [1.54, 1.807) is 0 Å². The van der Waals surface area contributed by atoms with Gasteiger partial charge < -0.3 is 80.7 Å². The minimum atomic E-state index is -5.33. The van der Waals surface area contributed by atoms with Gasteiger partial charge in [0.15, 0.2) is 36.1 Å². The van der Waals surface area contributed by atoms with E-state index in [4.69, 9.17) is 44.2 Å². The molecule has 3 saturated heterocycles. The molecule has 0 radical (unpaired) electrons. The highest BCUT2D eigenvalue weighted by atomic mass is 31.2. The highest BCUT2D eigenvalue weighted by molar-refractivity contribution is 7.47. The van der Waals surface area contributed by atoms with Crippen LogP contribution in [0, 0.1) is 0 Å². The molecule has 14 atom stereocenters. The number of hydrogen-bond acceptors (Lipinski definition) is 24. The molecule has 3 aromatic heterocycles. The van der Waals surface area contributed by atoms with Crippen molar-refractivity contribution in [3.63, 3.8) is 0 Å². The molecular formula is C33H47N9O21P2. The second-order valence-electron chi connectivity index (χ2n) is 14.6. The van der Waals surface area contributed by atoms with E-state index in [0.717, 1.165) is 17.2 Å². The Balaban J connectivity index is 1.23. The number of nitrogens with zero attached hydrogens (tertiary/aromatic N) is 6. The number of aliphatic hydroxyl groups excluding tert-OH is 5. The van der Waals surface area contributed by atoms with Crippen LogP contribution in [0.15, 0.2) is 42.4 Å². The second kappa shape index (κ2) is 21.0. The Hall–Kier alpha value is -4.43. The lowest BCUT2D eigenvalue weighted by molar-refractivity contribution is -0.302. The third kappa shape index (κ3) is 12.1. The highest BCUT2D eigenvalue weighted by Gasteiger charge is 2.51. The average molecular weight is 968 g/mol. The summed E-state index contributed by atoms with van der Waals surface area (Å²) in [5, 5.41) is 54.5. The SMILES string of the molecule is C=CCCC(=O)N[C@@H](CO[C@@H]1O[C@H](CO)[C@H](O)[C@H](O)[C@H]1O)C(=O)O[C@H]1[C@@H](O)[C@H](n2cnc3c(N)ncnc32)O[C@@H]1COP(=O)(O)O[C@H]1C[C@H](n2ccc(N)nc2=O)O[C@@H]1COP(=O)(O)O. The number of esters is 1. The van der Waals surface area contributed by atoms with E-state index in [9.17, 15) is 63.7 Å². The maximum Gasteiger partial charge on any atom is 0.472 e. The summed E-state index contributed by atoms with van der Waals surface area (Å²) < 4.78 is 70.6. The summed E-state index contributed by atoms with van der Waals surface area (Å²) in [7, 11) is -10.5. The van der Waals surface area contributed by atoms with Crippen molar-refractivity contribution < 1.29 is 96.2 Å². The molecule has 13 N–H and O–H groups in total. The van der Waals surface area contributed by atoms with Crippen molar-refractivity contribution in [2.45, 2.75) is 99.0 Å². The number of carbonyl (C=O) groups excluding carboxylic acids is 2. The molecule has 32 heteroatoms. The molecule has 0 spiro atoms. The number of phosphoric acid groups is 2. The minimum Gasteiger partial charge on any atom is -0.455 e. The van der Waals surface area contributed by atoms with Crippen LogP contribution in [0.5, 0.6) is 0 Å². The van der Waals surface area contributed by atoms with Gasteiger partial charge in [-0.15, -0.1) is 6.58 Å². The fourth-order valence-corrected chi connectivity index (χ4v) is 8.18. The molecule has 0 aliphatic carbocycles. The number of ether oxygens (including phenoxy) is 5. The van der Waals surface area contributed by atoms with E-state index >= 15 is 0 Å². The molecular weight excluding hydrogens is 920 g/mol. The number of amides is 1. The zero-order valence-electron chi connectivity index (χ0n) is 33.7. The van der Waals surface area contributed by atoms with Crippen LogP contribution in [-0.4, -0.2) is 175 Å². The number of allylic oxidation sites excluding steroid dienone is 1. The first-order chi connectivity index (χ1) is 30.7. The molecule has 30 nitrogen and oxygen atoms in total. The van der Waals surface area contributed by atoms with Crippen LogP contribution in [0.3, 0.4) is 0 Å². The monoisotopic (exact) mass is 967 g/mol. The molecule has 3 fully saturated rings. The Labute approximate surface area is 365 Å². The van der Waals surface area contributed by atoms with Gasteiger partial charge in [0.1, 0.15) is 72.7 Å². The van der Waals surface area contributed by atoms with Gasteiger partial charge in [-0.05, 0) is 12.5 Å². The van der Waals surface area contributed by atoms with E-state index in [1.807, 2.05) is 0 Å². The van der Waals surface area contributed by atoms with Crippen molar-refractivity contribution in [1.82, 2.24) is 34.4 Å². The van der Waals surface area contributed by atoms with Crippen molar-refractivity contribution in [2.24, 2.45) is 0 Å². The molecule has 0 bridgehead atoms. The summed E-state index contributed by atoms with van der Waals surface area (Å²) in [6, 6.07) is -0.527. The van der Waals surface area contributed by atoms with Crippen LogP contribution in [-0.2, 0) is 56.0 Å². The van der Waals surface area contributed by atoms with E-state index in [-0.39, 0.29) is 35.6 Å². The largest absolute Gasteiger partial charge is 0.472 e. The molecule has 0 saturated carbocycles. The third-order valence-corrected chi connectivity index (χ3v) is 11.6. The Morgan fingerprint density at radius 1 is 0.969 bits per heavy atom. The summed E-state index contributed by atoms with van der Waals surface area (Å²) in [6.07, 6.45) is -15.5. The van der Waals surface area contributed by atoms with Crippen LogP contribution in [0.25, 0.3) is 11.2 Å². The number of nitrogens with two attached hydrogens (primary N) is 2. The third-order valence-electron chi connectivity index (χ3n) is 10.1. The van der Waals surface area contributed by atoms with E-state index in [1.165, 1.54) is 22.9 Å². The van der Waals surface area contributed by atoms with Gasteiger partial charge >= 0.3 is 27.3 Å². The first-order valence-corrected chi connectivity index (χ1v) is 22.4. The molecule has 3 aliphatic heterocycles. The van der Waals surface area contributed by atoms with Crippen molar-refractivity contribution in [1.29, 1.82) is 0 Å². The average Bonchev–Trinajstić information content (AvgIpc) is 3.94. The van der Waals surface area contributed by atoms with Crippen molar-refractivity contribution in [3.8, 4) is 0 Å². The number of imidazole rings is 1. The number of rotatable bonds is 20. The number of aromatic nitrogens is 6. The highest BCUT2D eigenvalue weighted by Crippen LogP contribution is 2.50. The molecule has 1 unspecified atom stereocenters. The lowest BCUT2D eigenvalue weighted by Crippen LogP contribution is -2.60. The van der Waals surface area contributed by atoms with Crippen LogP contribution in [0.4, 0.5) is 11.6 Å². The molecule has 3 aromatic rings. The summed E-state index contributed by atoms with van der Waals surface area (Å²) in [6.45, 7) is -0.0239. The van der Waals surface area contributed by atoms with Crippen LogP contribution >= 0.6 is 15.6 Å². The van der Waals surface area contributed by atoms with Crippen LogP contribution in [0.2, 0.25) is 0 Å². The first-order valence-electron chi connectivity index (χ1n) is 19.4. The van der Waals surface area contributed by atoms with Crippen molar-refractivity contribution >= 4 is 50.3 Å². The smallest absolute Gasteiger partial charge is 0.455 e. The zero-order valence-corrected chi connectivity index (χ0v) is 35.5. The van der Waals surface area contributed by atoms with Crippen molar-refractivity contribution in [2.75, 3.05) is 37.9 Å². The van der Waals surface area contributed by atoms with Gasteiger partial charge in [0.2, 0.25) is 5.91 Å². The van der Waals surface area contributed by atoms with E-state index in [2.05, 4.69) is 36.4 Å². The maximum atomic E-state index is 14.0. The maximum absolute atomic E-state index is 14.0. The number of phosphoric ester groups is 2. The number of carbonyl (C=O) groups is 2. The Kier molecular flexibility index (Phi) is 16.2. The van der Waals surface area contributed by atoms with Gasteiger partial charge in [-0.25, -0.2) is 33.7 Å². The van der Waals surface area contributed by atoms with Gasteiger partial charge in [0.25, 0.3) is 0 Å². The number of nitrogen functional groups attached to an aromatic ring is 2. The number of fused-ring (bicyclic) bond motifs is 1. The lowest BCUT2D eigenvalue weighted by Gasteiger charge is -2.39. The van der Waals surface area contributed by atoms with Crippen molar-refractivity contribution in [3.05, 3.63) is 48.1 Å². The predicted molar refractivity (Wildman–Crippen MR) is 211 cm³/mol.